The second-order valence-corrected chi connectivity index (χ2v) is 7.70. The van der Waals surface area contributed by atoms with Gasteiger partial charge < -0.3 is 15.4 Å². The number of carbonyl (C=O) groups is 2. The van der Waals surface area contributed by atoms with Gasteiger partial charge in [0.15, 0.2) is 0 Å². The number of hydrogen-bond acceptors (Lipinski definition) is 3. The Morgan fingerprint density at radius 2 is 1.72 bits per heavy atom. The Hall–Kier alpha value is -2.82. The van der Waals surface area contributed by atoms with Crippen LogP contribution >= 0.6 is 0 Å². The molecule has 5 nitrogen and oxygen atoms in total. The van der Waals surface area contributed by atoms with Gasteiger partial charge in [0.1, 0.15) is 5.75 Å². The molecule has 2 aromatic carbocycles. The van der Waals surface area contributed by atoms with E-state index in [4.69, 9.17) is 4.74 Å². The molecule has 0 bridgehead atoms. The van der Waals surface area contributed by atoms with Gasteiger partial charge in [0, 0.05) is 22.9 Å². The Bertz CT molecular complexity index is 826. The molecule has 2 N–H and O–H groups in total. The van der Waals surface area contributed by atoms with Gasteiger partial charge in [-0.05, 0) is 68.7 Å². The van der Waals surface area contributed by atoms with Gasteiger partial charge in [0.2, 0.25) is 0 Å². The van der Waals surface area contributed by atoms with E-state index in [0.717, 1.165) is 19.3 Å². The summed E-state index contributed by atoms with van der Waals surface area (Å²) in [4.78, 5) is 25.0. The lowest BCUT2D eigenvalue weighted by Gasteiger charge is -2.22. The van der Waals surface area contributed by atoms with Crippen LogP contribution in [0.3, 0.4) is 0 Å². The Labute approximate surface area is 172 Å². The Kier molecular flexibility index (Phi) is 7.28. The molecule has 3 rings (SSSR count). The minimum Gasteiger partial charge on any atom is -0.491 e. The normalized spacial score (nSPS) is 15.4. The van der Waals surface area contributed by atoms with E-state index in [1.807, 2.05) is 19.1 Å². The lowest BCUT2D eigenvalue weighted by molar-refractivity contribution is 0.0927. The molecule has 1 fully saturated rings. The summed E-state index contributed by atoms with van der Waals surface area (Å²) in [5.41, 5.74) is 1.79. The van der Waals surface area contributed by atoms with Gasteiger partial charge in [0.25, 0.3) is 11.8 Å². The third-order valence-corrected chi connectivity index (χ3v) is 5.35. The number of hydrogen-bond donors (Lipinski definition) is 2. The number of ether oxygens (including phenoxy) is 1. The summed E-state index contributed by atoms with van der Waals surface area (Å²) in [5, 5.41) is 5.98. The Morgan fingerprint density at radius 3 is 2.41 bits per heavy atom. The maximum absolute atomic E-state index is 12.6. The van der Waals surface area contributed by atoms with Crippen LogP contribution in [0.4, 0.5) is 5.69 Å². The molecule has 1 unspecified atom stereocenters. The zero-order valence-corrected chi connectivity index (χ0v) is 17.2. The first-order chi connectivity index (χ1) is 14.0. The number of carbonyl (C=O) groups excluding carboxylic acids is 2. The molecule has 0 spiro atoms. The van der Waals surface area contributed by atoms with Gasteiger partial charge in [-0.25, -0.2) is 0 Å². The van der Waals surface area contributed by atoms with Crippen molar-refractivity contribution >= 4 is 17.5 Å². The highest BCUT2D eigenvalue weighted by Gasteiger charge is 2.16. The van der Waals surface area contributed by atoms with Crippen LogP contribution < -0.4 is 15.4 Å². The maximum Gasteiger partial charge on any atom is 0.255 e. The van der Waals surface area contributed by atoms with E-state index in [1.165, 1.54) is 19.3 Å². The fraction of sp³-hybridized carbons (Fsp3) is 0.417. The fourth-order valence-corrected chi connectivity index (χ4v) is 3.45. The van der Waals surface area contributed by atoms with Crippen molar-refractivity contribution in [3.8, 4) is 5.75 Å². The fourth-order valence-electron chi connectivity index (χ4n) is 3.45. The van der Waals surface area contributed by atoms with Crippen LogP contribution in [0.25, 0.3) is 0 Å². The first kappa shape index (κ1) is 20.9. The van der Waals surface area contributed by atoms with Crippen molar-refractivity contribution in [1.82, 2.24) is 5.32 Å². The summed E-state index contributed by atoms with van der Waals surface area (Å²) >= 11 is 0. The summed E-state index contributed by atoms with van der Waals surface area (Å²) in [6.07, 6.45) is 6.73. The van der Waals surface area contributed by atoms with Crippen molar-refractivity contribution in [2.45, 2.75) is 64.5 Å². The zero-order valence-electron chi connectivity index (χ0n) is 17.2. The SMILES string of the molecule is CCC(C)Oc1cccc(C(=O)Nc2ccc(C(=O)NC3CCCCC3)cc2)c1. The third-order valence-electron chi connectivity index (χ3n) is 5.35. The average molecular weight is 395 g/mol. The number of amides is 2. The van der Waals surface area contributed by atoms with Crippen molar-refractivity contribution in [1.29, 1.82) is 0 Å². The molecule has 1 aliphatic carbocycles. The van der Waals surface area contributed by atoms with Gasteiger partial charge in [-0.3, -0.25) is 9.59 Å². The van der Waals surface area contributed by atoms with Crippen molar-refractivity contribution in [3.05, 3.63) is 59.7 Å². The number of nitrogens with one attached hydrogen (secondary N) is 2. The van der Waals surface area contributed by atoms with Crippen LogP contribution in [-0.4, -0.2) is 24.0 Å². The molecular formula is C24H30N2O3. The lowest BCUT2D eigenvalue weighted by atomic mass is 9.95. The predicted molar refractivity (Wildman–Crippen MR) is 116 cm³/mol. The summed E-state index contributed by atoms with van der Waals surface area (Å²) in [7, 11) is 0. The van der Waals surface area contributed by atoms with Crippen molar-refractivity contribution in [2.75, 3.05) is 5.32 Å². The lowest BCUT2D eigenvalue weighted by Crippen LogP contribution is -2.36. The molecule has 29 heavy (non-hydrogen) atoms. The molecule has 0 aliphatic heterocycles. The average Bonchev–Trinajstić information content (AvgIpc) is 2.75. The van der Waals surface area contributed by atoms with Crippen LogP contribution in [-0.2, 0) is 0 Å². The topological polar surface area (TPSA) is 67.4 Å². The molecule has 154 valence electrons. The van der Waals surface area contributed by atoms with E-state index >= 15 is 0 Å². The number of anilines is 1. The molecule has 1 aliphatic rings. The summed E-state index contributed by atoms with van der Waals surface area (Å²) in [5.74, 6) is 0.422. The quantitative estimate of drug-likeness (QED) is 0.680. The highest BCUT2D eigenvalue weighted by atomic mass is 16.5. The smallest absolute Gasteiger partial charge is 0.255 e. The van der Waals surface area contributed by atoms with Crippen LogP contribution in [0.1, 0.15) is 73.1 Å². The maximum atomic E-state index is 12.6. The monoisotopic (exact) mass is 394 g/mol. The molecule has 2 amide bonds. The van der Waals surface area contributed by atoms with E-state index in [-0.39, 0.29) is 24.0 Å². The minimum absolute atomic E-state index is 0.0512. The number of benzene rings is 2. The second kappa shape index (κ2) is 10.1. The van der Waals surface area contributed by atoms with Gasteiger partial charge >= 0.3 is 0 Å². The third kappa shape index (κ3) is 6.08. The summed E-state index contributed by atoms with van der Waals surface area (Å²) < 4.78 is 5.78. The minimum atomic E-state index is -0.209. The molecular weight excluding hydrogens is 364 g/mol. The van der Waals surface area contributed by atoms with Gasteiger partial charge in [-0.2, -0.15) is 0 Å². The molecule has 0 radical (unpaired) electrons. The van der Waals surface area contributed by atoms with Gasteiger partial charge in [-0.15, -0.1) is 0 Å². The van der Waals surface area contributed by atoms with Crippen LogP contribution in [0.2, 0.25) is 0 Å². The van der Waals surface area contributed by atoms with Crippen LogP contribution in [0, 0.1) is 0 Å². The van der Waals surface area contributed by atoms with Crippen molar-refractivity contribution in [2.24, 2.45) is 0 Å². The van der Waals surface area contributed by atoms with Crippen LogP contribution in [0.15, 0.2) is 48.5 Å². The van der Waals surface area contributed by atoms with E-state index in [2.05, 4.69) is 17.6 Å². The predicted octanol–water partition coefficient (Wildman–Crippen LogP) is 5.18. The van der Waals surface area contributed by atoms with E-state index in [0.29, 0.717) is 22.6 Å². The molecule has 5 heteroatoms. The standard InChI is InChI=1S/C24H30N2O3/c1-3-17(2)29-22-11-7-8-19(16-22)24(28)26-21-14-12-18(13-15-21)23(27)25-20-9-5-4-6-10-20/h7-8,11-17,20H,3-6,9-10H2,1-2H3,(H,25,27)(H,26,28). The second-order valence-electron chi connectivity index (χ2n) is 7.70. The Balaban J connectivity index is 1.58. The largest absolute Gasteiger partial charge is 0.491 e. The van der Waals surface area contributed by atoms with Crippen LogP contribution in [0.5, 0.6) is 5.75 Å². The van der Waals surface area contributed by atoms with Crippen molar-refractivity contribution in [3.63, 3.8) is 0 Å². The highest BCUT2D eigenvalue weighted by Crippen LogP contribution is 2.19. The molecule has 2 aromatic rings. The number of rotatable bonds is 7. The molecule has 0 heterocycles. The molecule has 1 atom stereocenters. The molecule has 0 saturated heterocycles. The van der Waals surface area contributed by atoms with Gasteiger partial charge in [-0.1, -0.05) is 32.3 Å². The highest BCUT2D eigenvalue weighted by molar-refractivity contribution is 6.04. The van der Waals surface area contributed by atoms with E-state index < -0.39 is 0 Å². The Morgan fingerprint density at radius 1 is 1.00 bits per heavy atom. The van der Waals surface area contributed by atoms with E-state index in [9.17, 15) is 9.59 Å². The molecule has 0 aromatic heterocycles. The molecule has 1 saturated carbocycles. The summed E-state index contributed by atoms with van der Waals surface area (Å²) in [6.45, 7) is 4.05. The summed E-state index contributed by atoms with van der Waals surface area (Å²) in [6, 6.07) is 14.4. The zero-order chi connectivity index (χ0) is 20.6. The first-order valence-corrected chi connectivity index (χ1v) is 10.5. The van der Waals surface area contributed by atoms with E-state index in [1.54, 1.807) is 36.4 Å². The first-order valence-electron chi connectivity index (χ1n) is 10.5. The van der Waals surface area contributed by atoms with Crippen molar-refractivity contribution < 1.29 is 14.3 Å². The van der Waals surface area contributed by atoms with Gasteiger partial charge in [0.05, 0.1) is 6.10 Å².